The zero-order chi connectivity index (χ0) is 10.0. The van der Waals surface area contributed by atoms with Crippen LogP contribution >= 0.6 is 0 Å². The number of nitrogens with zero attached hydrogens (tertiary/aromatic N) is 3. The standard InChI is InChI=1S/C9H16N4/c1-6(2)7-5-8(13(3)4)12-9(10)11-7/h5-6H,1-4H3,(H2,10,11,12). The summed E-state index contributed by atoms with van der Waals surface area (Å²) in [4.78, 5) is 10.2. The van der Waals surface area contributed by atoms with Crippen LogP contribution < -0.4 is 10.6 Å². The number of nitrogen functional groups attached to an aromatic ring is 1. The van der Waals surface area contributed by atoms with Crippen LogP contribution in [0.5, 0.6) is 0 Å². The molecule has 1 rings (SSSR count). The highest BCUT2D eigenvalue weighted by molar-refractivity contribution is 5.42. The lowest BCUT2D eigenvalue weighted by molar-refractivity contribution is 0.815. The first kappa shape index (κ1) is 9.77. The number of hydrogen-bond acceptors (Lipinski definition) is 4. The average Bonchev–Trinajstić information content (AvgIpc) is 2.03. The van der Waals surface area contributed by atoms with Crippen molar-refractivity contribution >= 4 is 11.8 Å². The van der Waals surface area contributed by atoms with Gasteiger partial charge in [-0.1, -0.05) is 13.8 Å². The molecule has 13 heavy (non-hydrogen) atoms. The van der Waals surface area contributed by atoms with Crippen LogP contribution in [0.3, 0.4) is 0 Å². The molecule has 0 bridgehead atoms. The van der Waals surface area contributed by atoms with Crippen molar-refractivity contribution in [1.29, 1.82) is 0 Å². The van der Waals surface area contributed by atoms with Crippen molar-refractivity contribution in [1.82, 2.24) is 9.97 Å². The van der Waals surface area contributed by atoms with Crippen molar-refractivity contribution in [3.63, 3.8) is 0 Å². The Labute approximate surface area is 78.8 Å². The van der Waals surface area contributed by atoms with E-state index < -0.39 is 0 Å². The molecule has 1 aromatic rings. The largest absolute Gasteiger partial charge is 0.368 e. The van der Waals surface area contributed by atoms with E-state index in [1.807, 2.05) is 25.1 Å². The summed E-state index contributed by atoms with van der Waals surface area (Å²) in [5.41, 5.74) is 6.57. The lowest BCUT2D eigenvalue weighted by Crippen LogP contribution is -2.13. The van der Waals surface area contributed by atoms with Crippen molar-refractivity contribution in [2.24, 2.45) is 0 Å². The van der Waals surface area contributed by atoms with Gasteiger partial charge >= 0.3 is 0 Å². The molecule has 0 spiro atoms. The maximum Gasteiger partial charge on any atom is 0.222 e. The first-order valence-electron chi connectivity index (χ1n) is 4.32. The van der Waals surface area contributed by atoms with Gasteiger partial charge in [0.15, 0.2) is 0 Å². The first-order chi connectivity index (χ1) is 6.00. The number of nitrogens with two attached hydrogens (primary N) is 1. The molecule has 0 fully saturated rings. The van der Waals surface area contributed by atoms with Crippen LogP contribution in [0.25, 0.3) is 0 Å². The van der Waals surface area contributed by atoms with E-state index in [0.29, 0.717) is 11.9 Å². The third-order valence-corrected chi connectivity index (χ3v) is 1.80. The minimum atomic E-state index is 0.343. The van der Waals surface area contributed by atoms with Gasteiger partial charge in [-0.2, -0.15) is 4.98 Å². The normalized spacial score (nSPS) is 10.5. The number of hydrogen-bond donors (Lipinski definition) is 1. The van der Waals surface area contributed by atoms with E-state index >= 15 is 0 Å². The number of rotatable bonds is 2. The summed E-state index contributed by atoms with van der Waals surface area (Å²) >= 11 is 0. The van der Waals surface area contributed by atoms with Crippen LogP contribution in [0.4, 0.5) is 11.8 Å². The summed E-state index contributed by atoms with van der Waals surface area (Å²) in [5, 5.41) is 0. The van der Waals surface area contributed by atoms with Crippen molar-refractivity contribution < 1.29 is 0 Å². The van der Waals surface area contributed by atoms with Crippen molar-refractivity contribution in [2.75, 3.05) is 24.7 Å². The lowest BCUT2D eigenvalue weighted by atomic mass is 10.1. The van der Waals surface area contributed by atoms with Crippen LogP contribution in [-0.4, -0.2) is 24.1 Å². The highest BCUT2D eigenvalue weighted by Crippen LogP contribution is 2.17. The molecule has 0 aliphatic heterocycles. The molecule has 0 radical (unpaired) electrons. The molecule has 1 aromatic heterocycles. The Balaban J connectivity index is 3.11. The van der Waals surface area contributed by atoms with E-state index in [2.05, 4.69) is 23.8 Å². The maximum atomic E-state index is 5.59. The lowest BCUT2D eigenvalue weighted by Gasteiger charge is -2.13. The van der Waals surface area contributed by atoms with Gasteiger partial charge in [0.2, 0.25) is 5.95 Å². The summed E-state index contributed by atoms with van der Waals surface area (Å²) in [6.07, 6.45) is 0. The molecule has 0 unspecified atom stereocenters. The summed E-state index contributed by atoms with van der Waals surface area (Å²) in [6.45, 7) is 4.17. The molecule has 0 aliphatic rings. The van der Waals surface area contributed by atoms with E-state index in [-0.39, 0.29) is 0 Å². The Kier molecular flexibility index (Phi) is 2.70. The van der Waals surface area contributed by atoms with E-state index in [9.17, 15) is 0 Å². The molecule has 0 aliphatic carbocycles. The zero-order valence-corrected chi connectivity index (χ0v) is 8.57. The molecular formula is C9H16N4. The van der Waals surface area contributed by atoms with Crippen molar-refractivity contribution in [3.8, 4) is 0 Å². The quantitative estimate of drug-likeness (QED) is 0.744. The Morgan fingerprint density at radius 1 is 1.31 bits per heavy atom. The van der Waals surface area contributed by atoms with Gasteiger partial charge in [-0.15, -0.1) is 0 Å². The third kappa shape index (κ3) is 2.31. The van der Waals surface area contributed by atoms with Crippen molar-refractivity contribution in [3.05, 3.63) is 11.8 Å². The van der Waals surface area contributed by atoms with Gasteiger partial charge in [0.05, 0.1) is 5.69 Å². The molecular weight excluding hydrogens is 164 g/mol. The molecule has 0 saturated heterocycles. The summed E-state index contributed by atoms with van der Waals surface area (Å²) in [7, 11) is 3.87. The van der Waals surface area contributed by atoms with Crippen molar-refractivity contribution in [2.45, 2.75) is 19.8 Å². The fraction of sp³-hybridized carbons (Fsp3) is 0.556. The minimum Gasteiger partial charge on any atom is -0.368 e. The van der Waals surface area contributed by atoms with Gasteiger partial charge in [-0.05, 0) is 5.92 Å². The first-order valence-corrected chi connectivity index (χ1v) is 4.32. The fourth-order valence-corrected chi connectivity index (χ4v) is 0.996. The predicted molar refractivity (Wildman–Crippen MR) is 54.9 cm³/mol. The van der Waals surface area contributed by atoms with Crippen LogP contribution in [0.15, 0.2) is 6.07 Å². The Hall–Kier alpha value is -1.32. The molecule has 4 heteroatoms. The molecule has 1 heterocycles. The summed E-state index contributed by atoms with van der Waals surface area (Å²) < 4.78 is 0. The van der Waals surface area contributed by atoms with E-state index in [1.54, 1.807) is 0 Å². The van der Waals surface area contributed by atoms with Crippen LogP contribution in [0.1, 0.15) is 25.5 Å². The van der Waals surface area contributed by atoms with Gasteiger partial charge in [0, 0.05) is 20.2 Å². The topological polar surface area (TPSA) is 55.0 Å². The van der Waals surface area contributed by atoms with Crippen LogP contribution in [0, 0.1) is 0 Å². The van der Waals surface area contributed by atoms with Gasteiger partial charge < -0.3 is 10.6 Å². The highest BCUT2D eigenvalue weighted by atomic mass is 15.2. The highest BCUT2D eigenvalue weighted by Gasteiger charge is 2.06. The van der Waals surface area contributed by atoms with Gasteiger partial charge in [0.1, 0.15) is 5.82 Å². The van der Waals surface area contributed by atoms with E-state index in [1.165, 1.54) is 0 Å². The average molecular weight is 180 g/mol. The second kappa shape index (κ2) is 3.60. The Bertz CT molecular complexity index is 267. The minimum absolute atomic E-state index is 0.343. The second-order valence-electron chi connectivity index (χ2n) is 3.56. The van der Waals surface area contributed by atoms with E-state index in [0.717, 1.165) is 11.5 Å². The van der Waals surface area contributed by atoms with Gasteiger partial charge in [-0.25, -0.2) is 4.98 Å². The van der Waals surface area contributed by atoms with Crippen LogP contribution in [-0.2, 0) is 0 Å². The zero-order valence-electron chi connectivity index (χ0n) is 8.57. The molecule has 0 saturated carbocycles. The summed E-state index contributed by atoms with van der Waals surface area (Å²) in [6, 6.07) is 1.96. The molecule has 72 valence electrons. The Morgan fingerprint density at radius 2 is 1.92 bits per heavy atom. The Morgan fingerprint density at radius 3 is 2.38 bits per heavy atom. The summed E-state index contributed by atoms with van der Waals surface area (Å²) in [5.74, 6) is 1.58. The fourth-order valence-electron chi connectivity index (χ4n) is 0.996. The monoisotopic (exact) mass is 180 g/mol. The number of aromatic nitrogens is 2. The SMILES string of the molecule is CC(C)c1cc(N(C)C)nc(N)n1. The molecule has 4 nitrogen and oxygen atoms in total. The smallest absolute Gasteiger partial charge is 0.222 e. The van der Waals surface area contributed by atoms with Crippen LogP contribution in [0.2, 0.25) is 0 Å². The third-order valence-electron chi connectivity index (χ3n) is 1.80. The van der Waals surface area contributed by atoms with E-state index in [4.69, 9.17) is 5.73 Å². The second-order valence-corrected chi connectivity index (χ2v) is 3.56. The molecule has 0 aromatic carbocycles. The molecule has 0 atom stereocenters. The van der Waals surface area contributed by atoms with Gasteiger partial charge in [0.25, 0.3) is 0 Å². The molecule has 2 N–H and O–H groups in total. The van der Waals surface area contributed by atoms with Gasteiger partial charge in [-0.3, -0.25) is 0 Å². The number of anilines is 2. The maximum absolute atomic E-state index is 5.59. The predicted octanol–water partition coefficient (Wildman–Crippen LogP) is 1.25. The molecule has 0 amide bonds.